The molecule has 0 unspecified atom stereocenters. The molecule has 0 bridgehead atoms. The number of carbonyl (C=O) groups excluding carboxylic acids is 2. The van der Waals surface area contributed by atoms with Crippen LogP contribution in [0.5, 0.6) is 0 Å². The number of likely N-dealkylation sites (N-methyl/N-ethyl adjacent to an activating group) is 1. The quantitative estimate of drug-likeness (QED) is 0.801. The zero-order valence-electron chi connectivity index (χ0n) is 13.5. The number of carbonyl (C=O) groups is 2. The molecule has 2 heterocycles. The summed E-state index contributed by atoms with van der Waals surface area (Å²) < 4.78 is 0. The highest BCUT2D eigenvalue weighted by molar-refractivity contribution is 5.88. The van der Waals surface area contributed by atoms with Gasteiger partial charge in [-0.1, -0.05) is 18.2 Å². The predicted molar refractivity (Wildman–Crippen MR) is 89.3 cm³/mol. The van der Waals surface area contributed by atoms with Gasteiger partial charge >= 0.3 is 6.03 Å². The fraction of sp³-hybridized carbons (Fsp3) is 0.412. The maximum atomic E-state index is 11.9. The van der Waals surface area contributed by atoms with Crippen molar-refractivity contribution in [2.24, 2.45) is 0 Å². The number of rotatable bonds is 4. The Labute approximate surface area is 135 Å². The van der Waals surface area contributed by atoms with E-state index in [2.05, 4.69) is 34.7 Å². The third kappa shape index (κ3) is 3.16. The summed E-state index contributed by atoms with van der Waals surface area (Å²) in [6, 6.07) is 5.52. The molecule has 6 heteroatoms. The number of H-pyrrole nitrogens is 1. The summed E-state index contributed by atoms with van der Waals surface area (Å²) in [5.74, 6) is -0.0211. The summed E-state index contributed by atoms with van der Waals surface area (Å²) in [5, 5.41) is 6.76. The number of nitrogens with zero attached hydrogens (tertiary/aromatic N) is 1. The lowest BCUT2D eigenvalue weighted by Gasteiger charge is -2.13. The first kappa shape index (κ1) is 15.4. The number of aromatic amines is 1. The molecule has 0 aliphatic carbocycles. The zero-order chi connectivity index (χ0) is 16.4. The van der Waals surface area contributed by atoms with Gasteiger partial charge in [-0.05, 0) is 30.9 Å². The van der Waals surface area contributed by atoms with Crippen LogP contribution in [0.4, 0.5) is 4.79 Å². The molecule has 122 valence electrons. The molecule has 1 aromatic heterocycles. The topological polar surface area (TPSA) is 77.2 Å². The molecule has 3 N–H and O–H groups in total. The average molecular weight is 314 g/mol. The van der Waals surface area contributed by atoms with Crippen molar-refractivity contribution in [3.8, 4) is 0 Å². The summed E-state index contributed by atoms with van der Waals surface area (Å²) in [4.78, 5) is 28.6. The Hall–Kier alpha value is -2.50. The van der Waals surface area contributed by atoms with Crippen molar-refractivity contribution < 1.29 is 9.59 Å². The van der Waals surface area contributed by atoms with Crippen molar-refractivity contribution in [1.29, 1.82) is 0 Å². The highest BCUT2D eigenvalue weighted by Gasteiger charge is 2.29. The third-order valence-electron chi connectivity index (χ3n) is 4.42. The van der Waals surface area contributed by atoms with Gasteiger partial charge in [0.25, 0.3) is 0 Å². The number of benzene rings is 1. The van der Waals surface area contributed by atoms with Gasteiger partial charge in [0.1, 0.15) is 6.04 Å². The Morgan fingerprint density at radius 2 is 2.26 bits per heavy atom. The second-order valence-corrected chi connectivity index (χ2v) is 6.06. The Balaban J connectivity index is 1.52. The van der Waals surface area contributed by atoms with Crippen molar-refractivity contribution in [2.75, 3.05) is 20.1 Å². The number of aryl methyl sites for hydroxylation is 1. The molecule has 0 saturated carbocycles. The number of hydrogen-bond donors (Lipinski definition) is 3. The normalized spacial score (nSPS) is 17.7. The zero-order valence-corrected chi connectivity index (χ0v) is 13.5. The van der Waals surface area contributed by atoms with E-state index >= 15 is 0 Å². The van der Waals surface area contributed by atoms with E-state index in [-0.39, 0.29) is 11.9 Å². The van der Waals surface area contributed by atoms with Gasteiger partial charge in [-0.15, -0.1) is 0 Å². The molecule has 23 heavy (non-hydrogen) atoms. The molecule has 3 amide bonds. The lowest BCUT2D eigenvalue weighted by Crippen LogP contribution is -2.46. The average Bonchev–Trinajstić information content (AvgIpc) is 3.07. The summed E-state index contributed by atoms with van der Waals surface area (Å²) in [5.41, 5.74) is 3.54. The van der Waals surface area contributed by atoms with Crippen LogP contribution in [0.1, 0.15) is 17.5 Å². The van der Waals surface area contributed by atoms with E-state index in [4.69, 9.17) is 0 Å². The molecule has 2 aromatic rings. The number of para-hydroxylation sites is 1. The summed E-state index contributed by atoms with van der Waals surface area (Å²) in [6.07, 6.45) is 3.41. The van der Waals surface area contributed by atoms with Gasteiger partial charge in [0.15, 0.2) is 0 Å². The van der Waals surface area contributed by atoms with Crippen molar-refractivity contribution >= 4 is 22.8 Å². The SMILES string of the molecule is Cc1cccc2c(CCNC(=O)N[C@H]3CCN(C)C3=O)c[nH]c12. The van der Waals surface area contributed by atoms with Crippen LogP contribution in [0.25, 0.3) is 10.9 Å². The van der Waals surface area contributed by atoms with E-state index < -0.39 is 6.04 Å². The van der Waals surface area contributed by atoms with Crippen LogP contribution in [-0.2, 0) is 11.2 Å². The minimum atomic E-state index is -0.393. The van der Waals surface area contributed by atoms with Crippen molar-refractivity contribution in [1.82, 2.24) is 20.5 Å². The van der Waals surface area contributed by atoms with Gasteiger partial charge in [-0.3, -0.25) is 4.79 Å². The molecule has 0 spiro atoms. The first-order valence-electron chi connectivity index (χ1n) is 7.91. The number of fused-ring (bicyclic) bond motifs is 1. The van der Waals surface area contributed by atoms with E-state index in [0.717, 1.165) is 11.9 Å². The van der Waals surface area contributed by atoms with Gasteiger partial charge < -0.3 is 20.5 Å². The van der Waals surface area contributed by atoms with Crippen LogP contribution in [0.2, 0.25) is 0 Å². The molecule has 1 aliphatic rings. The van der Waals surface area contributed by atoms with Gasteiger partial charge in [0, 0.05) is 37.2 Å². The molecule has 0 radical (unpaired) electrons. The smallest absolute Gasteiger partial charge is 0.315 e. The number of urea groups is 1. The molecular weight excluding hydrogens is 292 g/mol. The van der Waals surface area contributed by atoms with Crippen LogP contribution in [0, 0.1) is 6.92 Å². The van der Waals surface area contributed by atoms with Gasteiger partial charge in [-0.25, -0.2) is 4.79 Å². The molecule has 1 aliphatic heterocycles. The number of hydrogen-bond acceptors (Lipinski definition) is 2. The minimum absolute atomic E-state index is 0.0211. The summed E-state index contributed by atoms with van der Waals surface area (Å²) in [7, 11) is 1.75. The lowest BCUT2D eigenvalue weighted by molar-refractivity contribution is -0.128. The fourth-order valence-electron chi connectivity index (χ4n) is 3.05. The number of nitrogens with one attached hydrogen (secondary N) is 3. The van der Waals surface area contributed by atoms with Gasteiger partial charge in [0.05, 0.1) is 0 Å². The van der Waals surface area contributed by atoms with Crippen LogP contribution in [-0.4, -0.2) is 48.0 Å². The number of aromatic nitrogens is 1. The summed E-state index contributed by atoms with van der Waals surface area (Å²) in [6.45, 7) is 3.30. The van der Waals surface area contributed by atoms with E-state index in [1.54, 1.807) is 11.9 Å². The first-order valence-corrected chi connectivity index (χ1v) is 7.91. The minimum Gasteiger partial charge on any atom is -0.361 e. The van der Waals surface area contributed by atoms with E-state index in [1.165, 1.54) is 16.5 Å². The van der Waals surface area contributed by atoms with Gasteiger partial charge in [-0.2, -0.15) is 0 Å². The predicted octanol–water partition coefficient (Wildman–Crippen LogP) is 1.55. The van der Waals surface area contributed by atoms with E-state index in [0.29, 0.717) is 19.5 Å². The fourth-order valence-corrected chi connectivity index (χ4v) is 3.05. The van der Waals surface area contributed by atoms with Crippen LogP contribution in [0.3, 0.4) is 0 Å². The Kier molecular flexibility index (Phi) is 4.23. The van der Waals surface area contributed by atoms with Crippen LogP contribution in [0.15, 0.2) is 24.4 Å². The van der Waals surface area contributed by atoms with Crippen molar-refractivity contribution in [3.63, 3.8) is 0 Å². The molecule has 6 nitrogen and oxygen atoms in total. The molecular formula is C17H22N4O2. The summed E-state index contributed by atoms with van der Waals surface area (Å²) >= 11 is 0. The molecule has 1 fully saturated rings. The van der Waals surface area contributed by atoms with Crippen molar-refractivity contribution in [2.45, 2.75) is 25.8 Å². The molecule has 1 saturated heterocycles. The molecule has 3 rings (SSSR count). The Morgan fingerprint density at radius 3 is 3.00 bits per heavy atom. The largest absolute Gasteiger partial charge is 0.361 e. The number of amides is 3. The maximum absolute atomic E-state index is 11.9. The second-order valence-electron chi connectivity index (χ2n) is 6.06. The highest BCUT2D eigenvalue weighted by atomic mass is 16.2. The maximum Gasteiger partial charge on any atom is 0.315 e. The van der Waals surface area contributed by atoms with Crippen molar-refractivity contribution in [3.05, 3.63) is 35.5 Å². The first-order chi connectivity index (χ1) is 11.1. The Morgan fingerprint density at radius 1 is 1.43 bits per heavy atom. The highest BCUT2D eigenvalue weighted by Crippen LogP contribution is 2.21. The monoisotopic (exact) mass is 314 g/mol. The number of likely N-dealkylation sites (tertiary alicyclic amines) is 1. The standard InChI is InChI=1S/C17H22N4O2/c1-11-4-3-5-13-12(10-19-15(11)13)6-8-18-17(23)20-14-7-9-21(2)16(14)22/h3-5,10,14,19H,6-9H2,1-2H3,(H2,18,20,23)/t14-/m0/s1. The van der Waals surface area contributed by atoms with E-state index in [9.17, 15) is 9.59 Å². The van der Waals surface area contributed by atoms with E-state index in [1.807, 2.05) is 12.3 Å². The second kappa shape index (κ2) is 6.32. The van der Waals surface area contributed by atoms with Crippen LogP contribution >= 0.6 is 0 Å². The molecule has 1 atom stereocenters. The lowest BCUT2D eigenvalue weighted by atomic mass is 10.1. The third-order valence-corrected chi connectivity index (χ3v) is 4.42. The van der Waals surface area contributed by atoms with Crippen LogP contribution < -0.4 is 10.6 Å². The Bertz CT molecular complexity index is 737. The molecule has 1 aromatic carbocycles. The van der Waals surface area contributed by atoms with Gasteiger partial charge in [0.2, 0.25) is 5.91 Å².